The summed E-state index contributed by atoms with van der Waals surface area (Å²) in [4.78, 5) is 0. The van der Waals surface area contributed by atoms with E-state index in [-0.39, 0.29) is 0 Å². The number of hydrogen-bond donors (Lipinski definition) is 1. The SMILES string of the molecule is CNC(C)CC(C)Cc1cc(Cl)ccc1Cl. The molecule has 0 spiro atoms. The van der Waals surface area contributed by atoms with E-state index in [1.54, 1.807) is 0 Å². The molecule has 2 unspecified atom stereocenters. The van der Waals surface area contributed by atoms with E-state index < -0.39 is 0 Å². The minimum absolute atomic E-state index is 0.535. The van der Waals surface area contributed by atoms with E-state index >= 15 is 0 Å². The molecule has 0 heterocycles. The van der Waals surface area contributed by atoms with Gasteiger partial charge in [-0.1, -0.05) is 30.1 Å². The van der Waals surface area contributed by atoms with Crippen LogP contribution < -0.4 is 5.32 Å². The van der Waals surface area contributed by atoms with Crippen LogP contribution in [0.4, 0.5) is 0 Å². The molecule has 3 heteroatoms. The summed E-state index contributed by atoms with van der Waals surface area (Å²) in [6, 6.07) is 6.19. The average Bonchev–Trinajstić information content (AvgIpc) is 2.23. The molecule has 0 aliphatic carbocycles. The second kappa shape index (κ2) is 6.48. The highest BCUT2D eigenvalue weighted by Crippen LogP contribution is 2.24. The molecule has 0 radical (unpaired) electrons. The number of halogens is 2. The Morgan fingerprint density at radius 2 is 1.94 bits per heavy atom. The van der Waals surface area contributed by atoms with Gasteiger partial charge in [-0.25, -0.2) is 0 Å². The summed E-state index contributed by atoms with van der Waals surface area (Å²) in [6.07, 6.45) is 2.12. The van der Waals surface area contributed by atoms with Crippen molar-refractivity contribution in [1.29, 1.82) is 0 Å². The summed E-state index contributed by atoms with van der Waals surface area (Å²) < 4.78 is 0. The maximum absolute atomic E-state index is 6.14. The lowest BCUT2D eigenvalue weighted by Gasteiger charge is -2.17. The minimum Gasteiger partial charge on any atom is -0.317 e. The Morgan fingerprint density at radius 3 is 2.56 bits per heavy atom. The minimum atomic E-state index is 0.535. The predicted molar refractivity (Wildman–Crippen MR) is 72.5 cm³/mol. The van der Waals surface area contributed by atoms with Gasteiger partial charge in [0.05, 0.1) is 0 Å². The van der Waals surface area contributed by atoms with Gasteiger partial charge in [0, 0.05) is 16.1 Å². The van der Waals surface area contributed by atoms with E-state index in [9.17, 15) is 0 Å². The molecule has 0 amide bonds. The predicted octanol–water partition coefficient (Wildman–Crippen LogP) is 4.17. The smallest absolute Gasteiger partial charge is 0.0439 e. The molecule has 1 N–H and O–H groups in total. The number of benzene rings is 1. The van der Waals surface area contributed by atoms with Crippen molar-refractivity contribution in [3.8, 4) is 0 Å². The first kappa shape index (κ1) is 13.8. The highest BCUT2D eigenvalue weighted by molar-refractivity contribution is 6.33. The fourth-order valence-electron chi connectivity index (χ4n) is 1.88. The van der Waals surface area contributed by atoms with Gasteiger partial charge in [0.15, 0.2) is 0 Å². The molecule has 1 rings (SSSR count). The van der Waals surface area contributed by atoms with Gasteiger partial charge < -0.3 is 5.32 Å². The van der Waals surface area contributed by atoms with Gasteiger partial charge in [0.2, 0.25) is 0 Å². The van der Waals surface area contributed by atoms with Crippen LogP contribution in [0.2, 0.25) is 10.0 Å². The van der Waals surface area contributed by atoms with E-state index in [4.69, 9.17) is 23.2 Å². The Balaban J connectivity index is 2.61. The van der Waals surface area contributed by atoms with Gasteiger partial charge in [0.25, 0.3) is 0 Å². The normalized spacial score (nSPS) is 14.8. The quantitative estimate of drug-likeness (QED) is 0.837. The van der Waals surface area contributed by atoms with Gasteiger partial charge in [0.1, 0.15) is 0 Å². The first-order valence-electron chi connectivity index (χ1n) is 5.64. The summed E-state index contributed by atoms with van der Waals surface area (Å²) in [5.41, 5.74) is 1.14. The lowest BCUT2D eigenvalue weighted by molar-refractivity contribution is 0.440. The number of nitrogens with one attached hydrogen (secondary N) is 1. The average molecular weight is 260 g/mol. The molecule has 0 bridgehead atoms. The first-order valence-corrected chi connectivity index (χ1v) is 6.39. The van der Waals surface area contributed by atoms with Gasteiger partial charge >= 0.3 is 0 Å². The highest BCUT2D eigenvalue weighted by atomic mass is 35.5. The van der Waals surface area contributed by atoms with Crippen LogP contribution in [0.1, 0.15) is 25.8 Å². The molecule has 1 nitrogen and oxygen atoms in total. The van der Waals surface area contributed by atoms with Crippen molar-refractivity contribution in [3.63, 3.8) is 0 Å². The van der Waals surface area contributed by atoms with Crippen molar-refractivity contribution in [1.82, 2.24) is 5.32 Å². The molecule has 90 valence electrons. The largest absolute Gasteiger partial charge is 0.317 e. The molecule has 0 fully saturated rings. The fraction of sp³-hybridized carbons (Fsp3) is 0.538. The van der Waals surface area contributed by atoms with E-state index in [0.29, 0.717) is 12.0 Å². The van der Waals surface area contributed by atoms with Crippen LogP contribution in [0.3, 0.4) is 0 Å². The molecule has 0 saturated carbocycles. The Kier molecular flexibility index (Phi) is 5.60. The summed E-state index contributed by atoms with van der Waals surface area (Å²) in [7, 11) is 1.99. The summed E-state index contributed by atoms with van der Waals surface area (Å²) in [5, 5.41) is 4.82. The third-order valence-electron chi connectivity index (χ3n) is 2.82. The fourth-order valence-corrected chi connectivity index (χ4v) is 2.27. The van der Waals surface area contributed by atoms with Crippen molar-refractivity contribution in [2.75, 3.05) is 7.05 Å². The zero-order chi connectivity index (χ0) is 12.1. The molecule has 0 aliphatic heterocycles. The molecule has 16 heavy (non-hydrogen) atoms. The summed E-state index contributed by atoms with van der Waals surface area (Å²) in [6.45, 7) is 4.43. The van der Waals surface area contributed by atoms with Crippen molar-refractivity contribution in [2.24, 2.45) is 5.92 Å². The molecule has 2 atom stereocenters. The molecular formula is C13H19Cl2N. The standard InChI is InChI=1S/C13H19Cl2N/c1-9(6-10(2)16-3)7-11-8-12(14)4-5-13(11)15/h4-5,8-10,16H,6-7H2,1-3H3. The van der Waals surface area contributed by atoms with Crippen LogP contribution >= 0.6 is 23.2 Å². The van der Waals surface area contributed by atoms with E-state index in [2.05, 4.69) is 19.2 Å². The topological polar surface area (TPSA) is 12.0 Å². The van der Waals surface area contributed by atoms with Gasteiger partial charge in [-0.2, -0.15) is 0 Å². The van der Waals surface area contributed by atoms with Crippen LogP contribution in [0.25, 0.3) is 0 Å². The Hall–Kier alpha value is -0.240. The number of rotatable bonds is 5. The van der Waals surface area contributed by atoms with Crippen LogP contribution in [0.15, 0.2) is 18.2 Å². The van der Waals surface area contributed by atoms with Gasteiger partial charge in [-0.05, 0) is 56.5 Å². The third kappa shape index (κ3) is 4.32. The van der Waals surface area contributed by atoms with E-state index in [1.165, 1.54) is 0 Å². The first-order chi connectivity index (χ1) is 7.52. The van der Waals surface area contributed by atoms with Gasteiger partial charge in [-0.3, -0.25) is 0 Å². The maximum Gasteiger partial charge on any atom is 0.0439 e. The Morgan fingerprint density at radius 1 is 1.25 bits per heavy atom. The van der Waals surface area contributed by atoms with Crippen molar-refractivity contribution >= 4 is 23.2 Å². The van der Waals surface area contributed by atoms with Gasteiger partial charge in [-0.15, -0.1) is 0 Å². The lowest BCUT2D eigenvalue weighted by atomic mass is 9.95. The molecule has 1 aromatic rings. The highest BCUT2D eigenvalue weighted by Gasteiger charge is 2.10. The zero-order valence-corrected chi connectivity index (χ0v) is 11.6. The second-order valence-electron chi connectivity index (χ2n) is 4.47. The monoisotopic (exact) mass is 259 g/mol. The van der Waals surface area contributed by atoms with Crippen molar-refractivity contribution in [3.05, 3.63) is 33.8 Å². The third-order valence-corrected chi connectivity index (χ3v) is 3.43. The molecule has 0 saturated heterocycles. The van der Waals surface area contributed by atoms with E-state index in [1.807, 2.05) is 25.2 Å². The summed E-state index contributed by atoms with van der Waals surface area (Å²) >= 11 is 12.1. The molecular weight excluding hydrogens is 241 g/mol. The maximum atomic E-state index is 6.14. The van der Waals surface area contributed by atoms with Crippen LogP contribution in [-0.4, -0.2) is 13.1 Å². The second-order valence-corrected chi connectivity index (χ2v) is 5.31. The van der Waals surface area contributed by atoms with Crippen LogP contribution in [0.5, 0.6) is 0 Å². The molecule has 1 aromatic carbocycles. The lowest BCUT2D eigenvalue weighted by Crippen LogP contribution is -2.24. The van der Waals surface area contributed by atoms with Crippen LogP contribution in [0, 0.1) is 5.92 Å². The zero-order valence-electron chi connectivity index (χ0n) is 10.1. The Labute approximate surface area is 108 Å². The number of hydrogen-bond acceptors (Lipinski definition) is 1. The molecule has 0 aromatic heterocycles. The van der Waals surface area contributed by atoms with Crippen molar-refractivity contribution < 1.29 is 0 Å². The van der Waals surface area contributed by atoms with Crippen LogP contribution in [-0.2, 0) is 6.42 Å². The summed E-state index contributed by atoms with van der Waals surface area (Å²) in [5.74, 6) is 0.596. The van der Waals surface area contributed by atoms with Crippen molar-refractivity contribution in [2.45, 2.75) is 32.7 Å². The Bertz CT molecular complexity index is 339. The van der Waals surface area contributed by atoms with E-state index in [0.717, 1.165) is 28.5 Å². The molecule has 0 aliphatic rings.